The van der Waals surface area contributed by atoms with E-state index in [4.69, 9.17) is 11.6 Å². The minimum Gasteiger partial charge on any atom is -0.331 e. The molecule has 0 bridgehead atoms. The molecule has 0 saturated heterocycles. The fourth-order valence-corrected chi connectivity index (χ4v) is 3.96. The van der Waals surface area contributed by atoms with E-state index in [0.29, 0.717) is 27.6 Å². The van der Waals surface area contributed by atoms with Gasteiger partial charge in [0.1, 0.15) is 5.65 Å². The molecule has 12 heteroatoms. The van der Waals surface area contributed by atoms with Crippen LogP contribution < -0.4 is 0 Å². The fourth-order valence-electron chi connectivity index (χ4n) is 2.64. The molecule has 0 aliphatic rings. The number of hydrogen-bond donors (Lipinski definition) is 0. The molecule has 0 spiro atoms. The Bertz CT molecular complexity index is 1320. The summed E-state index contributed by atoms with van der Waals surface area (Å²) in [7, 11) is -2.76. The van der Waals surface area contributed by atoms with Gasteiger partial charge < -0.3 is 4.52 Å². The summed E-state index contributed by atoms with van der Waals surface area (Å²) in [5.74, 6) is -0.646. The lowest BCUT2D eigenvalue weighted by atomic mass is 10.2. The third-order valence-corrected chi connectivity index (χ3v) is 5.83. The molecule has 0 N–H and O–H groups in total. The molecule has 0 aliphatic carbocycles. The lowest BCUT2D eigenvalue weighted by molar-refractivity contribution is 0.0551. The Morgan fingerprint density at radius 1 is 1.31 bits per heavy atom. The van der Waals surface area contributed by atoms with Crippen molar-refractivity contribution in [2.45, 2.75) is 17.2 Å². The molecule has 1 atom stereocenters. The molecule has 4 aromatic heterocycles. The summed E-state index contributed by atoms with van der Waals surface area (Å²) >= 11 is 4.90. The fraction of sp³-hybridized carbons (Fsp3) is 0.176. The van der Waals surface area contributed by atoms with E-state index in [-0.39, 0.29) is 5.82 Å². The van der Waals surface area contributed by atoms with Crippen LogP contribution in [0.15, 0.2) is 56.6 Å². The Kier molecular flexibility index (Phi) is 4.58. The van der Waals surface area contributed by atoms with E-state index in [1.807, 2.05) is 0 Å². The first-order valence-corrected chi connectivity index (χ1v) is 10.5. The number of alkyl halides is 3. The first kappa shape index (κ1) is 19.4. The van der Waals surface area contributed by atoms with Crippen LogP contribution in [-0.2, 0) is 15.1 Å². The van der Waals surface area contributed by atoms with Gasteiger partial charge in [-0.25, -0.2) is 9.19 Å². The van der Waals surface area contributed by atoms with Crippen molar-refractivity contribution in [3.8, 4) is 11.4 Å². The molecule has 0 radical (unpaired) electrons. The highest BCUT2D eigenvalue weighted by Gasteiger charge is 2.35. The number of nitrogens with zero attached hydrogens (tertiary/aromatic N) is 6. The molecule has 150 valence electrons. The minimum atomic E-state index is -3.75. The zero-order chi connectivity index (χ0) is 20.8. The lowest BCUT2D eigenvalue weighted by Crippen LogP contribution is -2.03. The molecule has 8 nitrogen and oxygen atoms in total. The number of aromatic nitrogens is 5. The molecule has 0 amide bonds. The number of pyridine rings is 2. The van der Waals surface area contributed by atoms with Gasteiger partial charge >= 0.3 is 11.3 Å². The third-order valence-electron chi connectivity index (χ3n) is 4.03. The number of fused-ring (bicyclic) bond motifs is 1. The topological polar surface area (TPSA) is 98.5 Å². The van der Waals surface area contributed by atoms with Gasteiger partial charge in [0, 0.05) is 30.4 Å². The van der Waals surface area contributed by atoms with Crippen molar-refractivity contribution in [3.05, 3.63) is 54.4 Å². The highest BCUT2D eigenvalue weighted by molar-refractivity contribution is 7.93. The van der Waals surface area contributed by atoms with Gasteiger partial charge in [0.25, 0.3) is 0 Å². The van der Waals surface area contributed by atoms with Gasteiger partial charge in [0.2, 0.25) is 5.82 Å². The van der Waals surface area contributed by atoms with Crippen molar-refractivity contribution in [1.82, 2.24) is 24.5 Å². The Morgan fingerprint density at radius 2 is 2.10 bits per heavy atom. The highest BCUT2D eigenvalue weighted by Crippen LogP contribution is 2.32. The monoisotopic (exact) mass is 438 g/mol. The molecule has 4 heterocycles. The number of halogens is 3. The van der Waals surface area contributed by atoms with Crippen LogP contribution in [0.4, 0.5) is 14.6 Å². The van der Waals surface area contributed by atoms with Gasteiger partial charge in [0.15, 0.2) is 5.82 Å². The summed E-state index contributed by atoms with van der Waals surface area (Å²) in [4.78, 5) is 12.5. The van der Waals surface area contributed by atoms with E-state index in [0.717, 1.165) is 0 Å². The smallest absolute Gasteiger partial charge is 0.331 e. The van der Waals surface area contributed by atoms with Crippen molar-refractivity contribution >= 4 is 32.8 Å². The van der Waals surface area contributed by atoms with Crippen molar-refractivity contribution in [3.63, 3.8) is 0 Å². The molecule has 4 aromatic rings. The van der Waals surface area contributed by atoms with Crippen LogP contribution in [0.3, 0.4) is 0 Å². The SMILES string of the molecule is Cc1nc2cc(-c3noc(C(F)(F)Cl)n3)ccn2c1N=S(C)(=O)c1cccnc1. The molecule has 29 heavy (non-hydrogen) atoms. The van der Waals surface area contributed by atoms with E-state index in [1.54, 1.807) is 48.0 Å². The van der Waals surface area contributed by atoms with Crippen LogP contribution in [0.1, 0.15) is 11.6 Å². The lowest BCUT2D eigenvalue weighted by Gasteiger charge is -2.04. The van der Waals surface area contributed by atoms with Gasteiger partial charge in [-0.2, -0.15) is 18.1 Å². The Balaban J connectivity index is 1.79. The summed E-state index contributed by atoms with van der Waals surface area (Å²) in [6.07, 6.45) is 6.22. The molecule has 0 fully saturated rings. The van der Waals surface area contributed by atoms with Gasteiger partial charge in [-0.1, -0.05) is 5.16 Å². The molecule has 0 aromatic carbocycles. The van der Waals surface area contributed by atoms with Gasteiger partial charge in [0.05, 0.1) is 20.3 Å². The van der Waals surface area contributed by atoms with Crippen molar-refractivity contribution < 1.29 is 17.5 Å². The van der Waals surface area contributed by atoms with Gasteiger partial charge in [-0.3, -0.25) is 9.38 Å². The van der Waals surface area contributed by atoms with Crippen molar-refractivity contribution in [1.29, 1.82) is 0 Å². The van der Waals surface area contributed by atoms with E-state index in [2.05, 4.69) is 29.0 Å². The largest absolute Gasteiger partial charge is 0.400 e. The summed E-state index contributed by atoms with van der Waals surface area (Å²) in [5.41, 5.74) is 1.39. The highest BCUT2D eigenvalue weighted by atomic mass is 35.5. The Morgan fingerprint density at radius 3 is 2.76 bits per heavy atom. The summed E-state index contributed by atoms with van der Waals surface area (Å²) in [5, 5.41) is -0.227. The maximum atomic E-state index is 13.1. The summed E-state index contributed by atoms with van der Waals surface area (Å²) in [6.45, 7) is 1.73. The third kappa shape index (κ3) is 3.70. The quantitative estimate of drug-likeness (QED) is 0.443. The zero-order valence-electron chi connectivity index (χ0n) is 15.1. The Labute approximate surface area is 168 Å². The second-order valence-corrected chi connectivity index (χ2v) is 8.90. The molecule has 1 unspecified atom stereocenters. The maximum absolute atomic E-state index is 13.1. The maximum Gasteiger partial charge on any atom is 0.400 e. The molecule has 4 rings (SSSR count). The number of hydrogen-bond acceptors (Lipinski definition) is 7. The zero-order valence-corrected chi connectivity index (χ0v) is 16.7. The summed E-state index contributed by atoms with van der Waals surface area (Å²) in [6, 6.07) is 6.53. The van der Waals surface area contributed by atoms with E-state index in [1.165, 1.54) is 12.5 Å². The minimum absolute atomic E-state index is 0.0587. The van der Waals surface area contributed by atoms with Crippen LogP contribution in [0, 0.1) is 6.92 Å². The van der Waals surface area contributed by atoms with Gasteiger partial charge in [-0.05, 0) is 42.8 Å². The van der Waals surface area contributed by atoms with Gasteiger partial charge in [-0.15, -0.1) is 0 Å². The van der Waals surface area contributed by atoms with Crippen LogP contribution >= 0.6 is 11.6 Å². The van der Waals surface area contributed by atoms with Crippen LogP contribution in [0.2, 0.25) is 0 Å². The molecule has 0 aliphatic heterocycles. The molecular formula is C17H13ClF2N6O2S. The van der Waals surface area contributed by atoms with Crippen LogP contribution in [0.5, 0.6) is 0 Å². The normalized spacial score (nSPS) is 14.1. The molecular weight excluding hydrogens is 426 g/mol. The van der Waals surface area contributed by atoms with E-state index in [9.17, 15) is 13.0 Å². The average Bonchev–Trinajstić information content (AvgIpc) is 3.27. The van der Waals surface area contributed by atoms with Crippen LogP contribution in [-0.4, -0.2) is 35.0 Å². The molecule has 0 saturated carbocycles. The summed E-state index contributed by atoms with van der Waals surface area (Å²) < 4.78 is 49.8. The number of rotatable bonds is 4. The van der Waals surface area contributed by atoms with Crippen LogP contribution in [0.25, 0.3) is 17.0 Å². The average molecular weight is 439 g/mol. The predicted octanol–water partition coefficient (Wildman–Crippen LogP) is 4.16. The first-order valence-electron chi connectivity index (χ1n) is 8.17. The number of imidazole rings is 1. The van der Waals surface area contributed by atoms with E-state index >= 15 is 0 Å². The standard InChI is InChI=1S/C17H13ClF2N6O2S/c1-10-15(25-29(2,27)12-4-3-6-21-9-12)26-7-5-11(8-13(26)22-10)14-23-16(28-24-14)17(18,19)20/h3-9H,1-2H3. The Hall–Kier alpha value is -2.92. The number of aryl methyl sites for hydroxylation is 1. The van der Waals surface area contributed by atoms with E-state index < -0.39 is 21.0 Å². The second kappa shape index (κ2) is 6.85. The predicted molar refractivity (Wildman–Crippen MR) is 102 cm³/mol. The van der Waals surface area contributed by atoms with Crippen molar-refractivity contribution in [2.24, 2.45) is 4.36 Å². The van der Waals surface area contributed by atoms with Crippen molar-refractivity contribution in [2.75, 3.05) is 6.26 Å². The second-order valence-electron chi connectivity index (χ2n) is 6.17. The first-order chi connectivity index (χ1) is 13.6.